The van der Waals surface area contributed by atoms with Crippen LogP contribution in [0.25, 0.3) is 32.2 Å². The van der Waals surface area contributed by atoms with Crippen LogP contribution in [0.5, 0.6) is 5.75 Å². The lowest BCUT2D eigenvalue weighted by atomic mass is 9.92. The van der Waals surface area contributed by atoms with Gasteiger partial charge in [0, 0.05) is 68.2 Å². The fourth-order valence-electron chi connectivity index (χ4n) is 10.6. The van der Waals surface area contributed by atoms with Crippen molar-refractivity contribution < 1.29 is 42.6 Å². The molecule has 74 heavy (non-hydrogen) atoms. The van der Waals surface area contributed by atoms with E-state index in [0.29, 0.717) is 81.4 Å². The third-order valence-electron chi connectivity index (χ3n) is 14.1. The highest BCUT2D eigenvalue weighted by molar-refractivity contribution is 7.22. The van der Waals surface area contributed by atoms with Gasteiger partial charge in [0.05, 0.1) is 46.1 Å². The highest BCUT2D eigenvalue weighted by Crippen LogP contribution is 2.37. The molecule has 4 N–H and O–H groups in total. The summed E-state index contributed by atoms with van der Waals surface area (Å²) in [6.45, 7) is 5.41. The van der Waals surface area contributed by atoms with Gasteiger partial charge in [-0.2, -0.15) is 5.10 Å². The Kier molecular flexibility index (Phi) is 13.7. The molecule has 0 saturated carbocycles. The average molecular weight is 1030 g/mol. The molecule has 7 aromatic rings. The molecule has 3 aromatic heterocycles. The van der Waals surface area contributed by atoms with Gasteiger partial charge >= 0.3 is 5.97 Å². The number of benzene rings is 4. The average Bonchev–Trinajstić information content (AvgIpc) is 3.94. The first-order valence-electron chi connectivity index (χ1n) is 24.4. The van der Waals surface area contributed by atoms with Gasteiger partial charge in [-0.1, -0.05) is 59.9 Å². The minimum atomic E-state index is -3.27. The topological polar surface area (TPSA) is 204 Å². The van der Waals surface area contributed by atoms with E-state index >= 15 is 8.78 Å². The van der Waals surface area contributed by atoms with Crippen LogP contribution in [-0.4, -0.2) is 122 Å². The summed E-state index contributed by atoms with van der Waals surface area (Å²) < 4.78 is 40.1. The monoisotopic (exact) mass is 1020 g/mol. The third kappa shape index (κ3) is 10.2. The lowest BCUT2D eigenvalue weighted by molar-refractivity contribution is -0.134. The zero-order valence-corrected chi connectivity index (χ0v) is 42.0. The normalized spacial score (nSPS) is 18.6. The Balaban J connectivity index is 0.762. The summed E-state index contributed by atoms with van der Waals surface area (Å²) in [5.41, 5.74) is 5.81. The van der Waals surface area contributed by atoms with Crippen molar-refractivity contribution in [2.45, 2.75) is 70.5 Å². The molecule has 4 amide bonds. The second-order valence-corrected chi connectivity index (χ2v) is 20.4. The SMILES string of the molecule is Cc1c(OCC(F)(F)CN2C[C@@H](C)N(CC(=O)Nc3cccc4c(C5CCC(=O)NC5=O)nn(C)c34)[C@@H](C)C2)cccc1-c1ccc(N2CCc3cccc(C(=O)Nc4nc5ccccc5s4)c3C2)nc1C(=O)O. The van der Waals surface area contributed by atoms with Gasteiger partial charge in [0.1, 0.15) is 11.6 Å². The van der Waals surface area contributed by atoms with Gasteiger partial charge in [-0.15, -0.1) is 0 Å². The maximum absolute atomic E-state index is 15.9. The van der Waals surface area contributed by atoms with Crippen molar-refractivity contribution in [2.24, 2.45) is 7.05 Å². The molecule has 0 spiro atoms. The van der Waals surface area contributed by atoms with Crippen LogP contribution in [0.2, 0.25) is 0 Å². The molecule has 3 aliphatic heterocycles. The van der Waals surface area contributed by atoms with Gasteiger partial charge < -0.3 is 20.1 Å². The van der Waals surface area contributed by atoms with Gasteiger partial charge in [0.15, 0.2) is 17.4 Å². The van der Waals surface area contributed by atoms with Crippen molar-refractivity contribution in [3.05, 3.63) is 125 Å². The minimum Gasteiger partial charge on any atom is -0.487 e. The fraction of sp³-hybridized carbons (Fsp3) is 0.333. The Labute approximate surface area is 428 Å². The number of ether oxygens (including phenoxy) is 1. The number of carboxylic acids is 1. The Bertz CT molecular complexity index is 3330. The van der Waals surface area contributed by atoms with E-state index < -0.39 is 36.9 Å². The molecule has 17 nitrogen and oxygen atoms in total. The molecule has 2 saturated heterocycles. The van der Waals surface area contributed by atoms with Crippen LogP contribution in [-0.2, 0) is 34.4 Å². The fourth-order valence-corrected chi connectivity index (χ4v) is 11.5. The quantitative estimate of drug-likeness (QED) is 0.0775. The summed E-state index contributed by atoms with van der Waals surface area (Å²) in [7, 11) is 1.73. The number of carbonyl (C=O) groups excluding carboxylic acids is 4. The van der Waals surface area contributed by atoms with Gasteiger partial charge in [-0.3, -0.25) is 44.3 Å². The van der Waals surface area contributed by atoms with E-state index in [9.17, 15) is 29.1 Å². The summed E-state index contributed by atoms with van der Waals surface area (Å²) in [6, 6.07) is 26.4. The van der Waals surface area contributed by atoms with Crippen molar-refractivity contribution in [3.63, 3.8) is 0 Å². The Hall–Kier alpha value is -7.68. The molecule has 6 heterocycles. The Morgan fingerprint density at radius 1 is 0.905 bits per heavy atom. The first-order valence-corrected chi connectivity index (χ1v) is 25.3. The number of halogens is 2. The van der Waals surface area contributed by atoms with Gasteiger partial charge in [-0.25, -0.2) is 23.5 Å². The number of hydrogen-bond donors (Lipinski definition) is 4. The van der Waals surface area contributed by atoms with E-state index in [-0.39, 0.29) is 67.3 Å². The number of anilines is 3. The second-order valence-electron chi connectivity index (χ2n) is 19.3. The van der Waals surface area contributed by atoms with E-state index in [1.807, 2.05) is 66.1 Å². The van der Waals surface area contributed by atoms with E-state index in [0.717, 1.165) is 21.3 Å². The molecule has 10 rings (SSSR count). The summed E-state index contributed by atoms with van der Waals surface area (Å²) >= 11 is 1.39. The van der Waals surface area contributed by atoms with E-state index in [1.165, 1.54) is 11.3 Å². The number of pyridine rings is 1. The lowest BCUT2D eigenvalue weighted by Crippen LogP contribution is -2.60. The molecule has 0 aliphatic carbocycles. The van der Waals surface area contributed by atoms with Crippen LogP contribution in [0.15, 0.2) is 91.0 Å². The van der Waals surface area contributed by atoms with Crippen LogP contribution in [0.1, 0.15) is 75.8 Å². The van der Waals surface area contributed by atoms with Crippen molar-refractivity contribution in [2.75, 3.05) is 54.9 Å². The van der Waals surface area contributed by atoms with Crippen LogP contribution in [0, 0.1) is 6.92 Å². The number of amides is 4. The zero-order valence-electron chi connectivity index (χ0n) is 41.2. The number of carboxylic acid groups (broad SMARTS) is 1. The molecule has 20 heteroatoms. The second kappa shape index (κ2) is 20.3. The number of thiazole rings is 1. The summed E-state index contributed by atoms with van der Waals surface area (Å²) in [5, 5.41) is 24.6. The highest BCUT2D eigenvalue weighted by atomic mass is 32.1. The number of aryl methyl sites for hydroxylation is 1. The number of aromatic nitrogens is 4. The first-order chi connectivity index (χ1) is 35.5. The predicted molar refractivity (Wildman–Crippen MR) is 277 cm³/mol. The molecule has 1 unspecified atom stereocenters. The minimum absolute atomic E-state index is 0.0160. The number of hydrogen-bond acceptors (Lipinski definition) is 13. The molecule has 4 aromatic carbocycles. The number of rotatable bonds is 14. The Morgan fingerprint density at radius 3 is 2.45 bits per heavy atom. The van der Waals surface area contributed by atoms with E-state index in [1.54, 1.807) is 72.1 Å². The smallest absolute Gasteiger partial charge is 0.355 e. The molecule has 2 fully saturated rings. The molecular formula is C54H54F2N10O7S. The number of para-hydroxylation sites is 2. The molecule has 3 aliphatic rings. The zero-order chi connectivity index (χ0) is 52.0. The number of imide groups is 1. The van der Waals surface area contributed by atoms with Crippen molar-refractivity contribution in [1.82, 2.24) is 34.9 Å². The summed E-state index contributed by atoms with van der Waals surface area (Å²) in [5.74, 6) is -5.84. The van der Waals surface area contributed by atoms with Crippen molar-refractivity contribution >= 4 is 78.7 Å². The van der Waals surface area contributed by atoms with E-state index in [2.05, 4.69) is 31.0 Å². The molecular weight excluding hydrogens is 971 g/mol. The largest absolute Gasteiger partial charge is 0.487 e. The third-order valence-corrected chi connectivity index (χ3v) is 15.1. The van der Waals surface area contributed by atoms with Crippen molar-refractivity contribution in [1.29, 1.82) is 0 Å². The van der Waals surface area contributed by atoms with Gasteiger partial charge in [0.25, 0.3) is 11.8 Å². The number of carbonyl (C=O) groups is 5. The number of piperazine rings is 1. The summed E-state index contributed by atoms with van der Waals surface area (Å²) in [4.78, 5) is 79.3. The maximum atomic E-state index is 15.9. The molecule has 0 radical (unpaired) electrons. The van der Waals surface area contributed by atoms with E-state index in [4.69, 9.17) is 4.74 Å². The standard InChI is InChI=1S/C54H54F2N10O7S/c1-30-24-64(25-31(2)66(30)27-46(68)57-41-15-8-13-37-47(62-63(4)49(37)41)38-19-21-45(67)60-51(38)70)28-54(55,56)29-73-42-16-9-11-34(32(42)3)35-18-20-44(59-48(35)52(71)72)65-23-22-33-10-7-12-36(39(33)26-65)50(69)61-53-58-40-14-5-6-17-43(40)74-53/h5-18,20,30-31,38H,19,21-29H2,1-4H3,(H,57,68)(H,71,72)(H,58,61,69)(H,60,67,70)/t30-,31+,38?. The van der Waals surface area contributed by atoms with Crippen LogP contribution >= 0.6 is 11.3 Å². The number of nitrogens with zero attached hydrogens (tertiary/aromatic N) is 7. The van der Waals surface area contributed by atoms with Gasteiger partial charge in [0.2, 0.25) is 17.7 Å². The molecule has 382 valence electrons. The Morgan fingerprint density at radius 2 is 1.68 bits per heavy atom. The highest BCUT2D eigenvalue weighted by Gasteiger charge is 2.39. The molecule has 3 atom stereocenters. The van der Waals surface area contributed by atoms with Crippen molar-refractivity contribution in [3.8, 4) is 16.9 Å². The maximum Gasteiger partial charge on any atom is 0.355 e. The predicted octanol–water partition coefficient (Wildman–Crippen LogP) is 7.63. The van der Waals surface area contributed by atoms with Crippen LogP contribution in [0.3, 0.4) is 0 Å². The van der Waals surface area contributed by atoms with Crippen LogP contribution in [0.4, 0.5) is 25.4 Å². The number of aromatic carboxylic acids is 1. The summed E-state index contributed by atoms with van der Waals surface area (Å²) in [6.07, 6.45) is 1.15. The molecule has 0 bridgehead atoms. The number of fused-ring (bicyclic) bond motifs is 3. The number of piperidine rings is 1. The van der Waals surface area contributed by atoms with Crippen LogP contribution < -0.4 is 25.6 Å². The number of alkyl halides is 2. The first kappa shape index (κ1) is 49.9. The van der Waals surface area contributed by atoms with Gasteiger partial charge in [-0.05, 0) is 98.3 Å². The lowest BCUT2D eigenvalue weighted by Gasteiger charge is -2.44. The number of nitrogens with one attached hydrogen (secondary N) is 3.